The van der Waals surface area contributed by atoms with Crippen LogP contribution in [0.25, 0.3) is 0 Å². The average molecular weight is 377 g/mol. The van der Waals surface area contributed by atoms with Crippen molar-refractivity contribution >= 4 is 11.6 Å². The Morgan fingerprint density at radius 1 is 1.33 bits per heavy atom. The van der Waals surface area contributed by atoms with E-state index in [0.717, 1.165) is 30.5 Å². The van der Waals surface area contributed by atoms with Crippen molar-refractivity contribution in [3.05, 3.63) is 34.2 Å². The molecule has 0 bridgehead atoms. The summed E-state index contributed by atoms with van der Waals surface area (Å²) in [5.41, 5.74) is 2.62. The number of aryl methyl sites for hydroxylation is 1. The van der Waals surface area contributed by atoms with Crippen LogP contribution in [-0.4, -0.2) is 60.2 Å². The van der Waals surface area contributed by atoms with Crippen LogP contribution in [0.4, 0.5) is 5.69 Å². The minimum atomic E-state index is -0.993. The molecule has 3 rings (SSSR count). The van der Waals surface area contributed by atoms with Gasteiger partial charge >= 0.3 is 0 Å². The predicted molar refractivity (Wildman–Crippen MR) is 101 cm³/mol. The number of hydrogen-bond donors (Lipinski definition) is 4. The van der Waals surface area contributed by atoms with E-state index >= 15 is 0 Å². The fourth-order valence-corrected chi connectivity index (χ4v) is 3.67. The van der Waals surface area contributed by atoms with Crippen LogP contribution in [0.15, 0.2) is 23.4 Å². The van der Waals surface area contributed by atoms with Crippen molar-refractivity contribution in [3.63, 3.8) is 0 Å². The van der Waals surface area contributed by atoms with Gasteiger partial charge in [0.25, 0.3) is 5.91 Å². The van der Waals surface area contributed by atoms with Gasteiger partial charge < -0.3 is 25.6 Å². The van der Waals surface area contributed by atoms with E-state index in [1.165, 1.54) is 0 Å². The van der Waals surface area contributed by atoms with Crippen molar-refractivity contribution in [2.45, 2.75) is 56.5 Å². The lowest BCUT2D eigenvalue weighted by Gasteiger charge is -2.32. The van der Waals surface area contributed by atoms with Gasteiger partial charge in [-0.25, -0.2) is 0 Å². The molecule has 0 aliphatic carbocycles. The molecule has 2 aliphatic rings. The fraction of sp³-hybridized carbons (Fsp3) is 0.632. The quantitative estimate of drug-likeness (QED) is 0.553. The number of benzene rings is 1. The van der Waals surface area contributed by atoms with Crippen LogP contribution in [0.2, 0.25) is 0 Å². The standard InChI is InChI=1S/C19H27N3O5/c23-16-7-9-27-17(18(16)24)11-20-19(25)13-4-5-15-12(10-13)2-1-3-14(22-15)6-8-21-26/h4-5,10,14,16-18,22-24H,1-3,6-9,11H2,(H,20,25). The van der Waals surface area contributed by atoms with Gasteiger partial charge in [-0.15, -0.1) is 0 Å². The van der Waals surface area contributed by atoms with E-state index < -0.39 is 18.3 Å². The zero-order valence-corrected chi connectivity index (χ0v) is 15.3. The van der Waals surface area contributed by atoms with E-state index in [9.17, 15) is 19.9 Å². The highest BCUT2D eigenvalue weighted by molar-refractivity contribution is 5.95. The van der Waals surface area contributed by atoms with Crippen molar-refractivity contribution in [2.75, 3.05) is 25.0 Å². The Morgan fingerprint density at radius 2 is 2.19 bits per heavy atom. The molecule has 1 aromatic rings. The zero-order chi connectivity index (χ0) is 19.2. The summed E-state index contributed by atoms with van der Waals surface area (Å²) in [6.07, 6.45) is 1.50. The van der Waals surface area contributed by atoms with Gasteiger partial charge in [-0.3, -0.25) is 4.79 Å². The summed E-state index contributed by atoms with van der Waals surface area (Å²) in [4.78, 5) is 22.8. The summed E-state index contributed by atoms with van der Waals surface area (Å²) in [5, 5.41) is 28.8. The molecular weight excluding hydrogens is 350 g/mol. The van der Waals surface area contributed by atoms with Crippen LogP contribution >= 0.6 is 0 Å². The van der Waals surface area contributed by atoms with E-state index in [1.54, 1.807) is 6.07 Å². The number of amides is 1. The molecule has 1 aromatic carbocycles. The number of rotatable bonds is 6. The van der Waals surface area contributed by atoms with Gasteiger partial charge in [0, 0.05) is 30.4 Å². The third-order valence-corrected chi connectivity index (χ3v) is 5.28. The SMILES string of the molecule is O=NCCC1CCCc2cc(C(=O)NCC3OCCC(O)C3O)ccc2N1. The van der Waals surface area contributed by atoms with E-state index in [-0.39, 0.29) is 18.5 Å². The number of anilines is 1. The maximum absolute atomic E-state index is 12.5. The largest absolute Gasteiger partial charge is 0.390 e. The molecule has 0 saturated carbocycles. The lowest BCUT2D eigenvalue weighted by molar-refractivity contribution is -0.132. The third-order valence-electron chi connectivity index (χ3n) is 5.28. The first kappa shape index (κ1) is 19.7. The molecular formula is C19H27N3O5. The number of nitroso groups, excluding NO2 is 1. The second-order valence-corrected chi connectivity index (χ2v) is 7.21. The van der Waals surface area contributed by atoms with E-state index in [1.807, 2.05) is 12.1 Å². The number of carbonyl (C=O) groups excluding carboxylic acids is 1. The Bertz CT molecular complexity index is 669. The van der Waals surface area contributed by atoms with Gasteiger partial charge in [0.15, 0.2) is 0 Å². The number of ether oxygens (including phenoxy) is 1. The number of aliphatic hydroxyl groups is 2. The molecule has 2 heterocycles. The summed E-state index contributed by atoms with van der Waals surface area (Å²) in [6, 6.07) is 5.76. The van der Waals surface area contributed by atoms with Gasteiger partial charge in [-0.05, 0) is 55.9 Å². The average Bonchev–Trinajstić information content (AvgIpc) is 2.88. The Balaban J connectivity index is 1.60. The van der Waals surface area contributed by atoms with Gasteiger partial charge in [-0.1, -0.05) is 5.18 Å². The summed E-state index contributed by atoms with van der Waals surface area (Å²) >= 11 is 0. The first-order valence-corrected chi connectivity index (χ1v) is 9.53. The Morgan fingerprint density at radius 3 is 3.00 bits per heavy atom. The van der Waals surface area contributed by atoms with E-state index in [0.29, 0.717) is 31.6 Å². The molecule has 0 aromatic heterocycles. The van der Waals surface area contributed by atoms with Crippen LogP contribution < -0.4 is 10.6 Å². The Hall–Kier alpha value is -2.03. The number of hydrogen-bond acceptors (Lipinski definition) is 7. The van der Waals surface area contributed by atoms with Crippen LogP contribution in [0, 0.1) is 4.91 Å². The lowest BCUT2D eigenvalue weighted by Crippen LogP contribution is -2.49. The maximum atomic E-state index is 12.5. The first-order valence-electron chi connectivity index (χ1n) is 9.53. The highest BCUT2D eigenvalue weighted by atomic mass is 16.5. The fourth-order valence-electron chi connectivity index (χ4n) is 3.67. The van der Waals surface area contributed by atoms with Crippen molar-refractivity contribution in [1.29, 1.82) is 0 Å². The monoisotopic (exact) mass is 377 g/mol. The molecule has 1 fully saturated rings. The van der Waals surface area contributed by atoms with Gasteiger partial charge in [0.2, 0.25) is 0 Å². The summed E-state index contributed by atoms with van der Waals surface area (Å²) in [6.45, 7) is 0.814. The Kier molecular flexibility index (Phi) is 6.76. The Labute approximate surface area is 158 Å². The van der Waals surface area contributed by atoms with Crippen molar-refractivity contribution in [2.24, 2.45) is 5.18 Å². The molecule has 1 amide bonds. The number of nitrogens with zero attached hydrogens (tertiary/aromatic N) is 1. The van der Waals surface area contributed by atoms with Crippen molar-refractivity contribution in [3.8, 4) is 0 Å². The number of nitrogens with one attached hydrogen (secondary N) is 2. The number of fused-ring (bicyclic) bond motifs is 1. The second-order valence-electron chi connectivity index (χ2n) is 7.21. The van der Waals surface area contributed by atoms with Crippen LogP contribution in [0.3, 0.4) is 0 Å². The second kappa shape index (κ2) is 9.25. The highest BCUT2D eigenvalue weighted by Gasteiger charge is 2.31. The lowest BCUT2D eigenvalue weighted by atomic mass is 10.0. The topological polar surface area (TPSA) is 120 Å². The summed E-state index contributed by atoms with van der Waals surface area (Å²) in [7, 11) is 0. The highest BCUT2D eigenvalue weighted by Crippen LogP contribution is 2.26. The normalized spacial score (nSPS) is 27.8. The molecule has 8 nitrogen and oxygen atoms in total. The smallest absolute Gasteiger partial charge is 0.251 e. The minimum absolute atomic E-state index is 0.146. The molecule has 1 saturated heterocycles. The molecule has 4 unspecified atom stereocenters. The molecule has 8 heteroatoms. The number of carbonyl (C=O) groups is 1. The third kappa shape index (κ3) is 5.03. The van der Waals surface area contributed by atoms with Crippen LogP contribution in [0.5, 0.6) is 0 Å². The maximum Gasteiger partial charge on any atom is 0.251 e. The van der Waals surface area contributed by atoms with Crippen molar-refractivity contribution in [1.82, 2.24) is 5.32 Å². The molecule has 4 N–H and O–H groups in total. The van der Waals surface area contributed by atoms with Crippen LogP contribution in [-0.2, 0) is 11.2 Å². The molecule has 4 atom stereocenters. The summed E-state index contributed by atoms with van der Waals surface area (Å²) < 4.78 is 5.43. The minimum Gasteiger partial charge on any atom is -0.390 e. The molecule has 0 spiro atoms. The van der Waals surface area contributed by atoms with Gasteiger partial charge in [-0.2, -0.15) is 4.91 Å². The summed E-state index contributed by atoms with van der Waals surface area (Å²) in [5.74, 6) is -0.236. The van der Waals surface area contributed by atoms with E-state index in [2.05, 4.69) is 15.8 Å². The number of aliphatic hydroxyl groups excluding tert-OH is 2. The van der Waals surface area contributed by atoms with Gasteiger partial charge in [0.1, 0.15) is 12.2 Å². The van der Waals surface area contributed by atoms with Gasteiger partial charge in [0.05, 0.1) is 12.6 Å². The first-order chi connectivity index (χ1) is 13.1. The molecule has 148 valence electrons. The molecule has 27 heavy (non-hydrogen) atoms. The van der Waals surface area contributed by atoms with E-state index in [4.69, 9.17) is 4.74 Å². The predicted octanol–water partition coefficient (Wildman–Crippen LogP) is 1.20. The van der Waals surface area contributed by atoms with Crippen LogP contribution in [0.1, 0.15) is 41.6 Å². The molecule has 0 radical (unpaired) electrons. The van der Waals surface area contributed by atoms with Crippen molar-refractivity contribution < 1.29 is 19.7 Å². The molecule has 2 aliphatic heterocycles. The zero-order valence-electron chi connectivity index (χ0n) is 15.3.